The van der Waals surface area contributed by atoms with Gasteiger partial charge in [0.05, 0.1) is 11.1 Å². The fraction of sp³-hybridized carbons (Fsp3) is 0.364. The van der Waals surface area contributed by atoms with Gasteiger partial charge in [-0.3, -0.25) is 4.79 Å². The first kappa shape index (κ1) is 11.1. The summed E-state index contributed by atoms with van der Waals surface area (Å²) >= 11 is 5.97. The summed E-state index contributed by atoms with van der Waals surface area (Å²) in [5, 5.41) is 0.471. The molecule has 0 radical (unpaired) electrons. The van der Waals surface area contributed by atoms with Gasteiger partial charge in [0, 0.05) is 11.1 Å². The molecule has 3 heteroatoms. The smallest absolute Gasteiger partial charge is 0.151 e. The molecule has 0 saturated carbocycles. The molecular formula is C11H13ClO2. The average molecular weight is 213 g/mol. The molecule has 1 aromatic carbocycles. The predicted molar refractivity (Wildman–Crippen MR) is 57.3 cm³/mol. The van der Waals surface area contributed by atoms with E-state index in [1.807, 2.05) is 20.8 Å². The summed E-state index contributed by atoms with van der Waals surface area (Å²) in [5.41, 5.74) is 1.31. The Morgan fingerprint density at radius 1 is 1.43 bits per heavy atom. The average Bonchev–Trinajstić information content (AvgIpc) is 2.13. The summed E-state index contributed by atoms with van der Waals surface area (Å²) in [6, 6.07) is 3.44. The van der Waals surface area contributed by atoms with Gasteiger partial charge in [-0.05, 0) is 32.9 Å². The molecule has 0 unspecified atom stereocenters. The normalized spacial score (nSPS) is 10.4. The number of carbonyl (C=O) groups excluding carboxylic acids is 1. The quantitative estimate of drug-likeness (QED) is 0.719. The second-order valence-corrected chi connectivity index (χ2v) is 3.75. The van der Waals surface area contributed by atoms with Crippen molar-refractivity contribution in [3.8, 4) is 5.75 Å². The van der Waals surface area contributed by atoms with Crippen molar-refractivity contribution in [2.24, 2.45) is 0 Å². The van der Waals surface area contributed by atoms with Crippen LogP contribution in [0.15, 0.2) is 12.1 Å². The van der Waals surface area contributed by atoms with Gasteiger partial charge in [0.25, 0.3) is 0 Å². The number of hydrogen-bond acceptors (Lipinski definition) is 2. The lowest BCUT2D eigenvalue weighted by molar-refractivity contribution is 0.112. The van der Waals surface area contributed by atoms with Crippen LogP contribution >= 0.6 is 11.6 Å². The van der Waals surface area contributed by atoms with E-state index in [-0.39, 0.29) is 6.10 Å². The molecule has 14 heavy (non-hydrogen) atoms. The van der Waals surface area contributed by atoms with E-state index in [2.05, 4.69) is 0 Å². The van der Waals surface area contributed by atoms with Crippen LogP contribution in [-0.2, 0) is 0 Å². The van der Waals surface area contributed by atoms with Crippen LogP contribution in [0.1, 0.15) is 29.8 Å². The highest BCUT2D eigenvalue weighted by Crippen LogP contribution is 2.28. The van der Waals surface area contributed by atoms with Crippen molar-refractivity contribution in [1.29, 1.82) is 0 Å². The standard InChI is InChI=1S/C11H13ClO2/c1-7(2)14-10-5-4-9(6-13)11(12)8(10)3/h4-7H,1-3H3. The van der Waals surface area contributed by atoms with Crippen molar-refractivity contribution in [3.05, 3.63) is 28.3 Å². The van der Waals surface area contributed by atoms with Gasteiger partial charge in [-0.25, -0.2) is 0 Å². The molecule has 0 spiro atoms. The van der Waals surface area contributed by atoms with Crippen LogP contribution in [-0.4, -0.2) is 12.4 Å². The first-order valence-electron chi connectivity index (χ1n) is 4.47. The van der Waals surface area contributed by atoms with Gasteiger partial charge < -0.3 is 4.74 Å². The molecule has 0 heterocycles. The molecule has 0 aliphatic carbocycles. The molecule has 0 atom stereocenters. The minimum Gasteiger partial charge on any atom is -0.491 e. The summed E-state index contributed by atoms with van der Waals surface area (Å²) in [7, 11) is 0. The van der Waals surface area contributed by atoms with E-state index in [1.165, 1.54) is 0 Å². The Labute approximate surface area is 88.8 Å². The monoisotopic (exact) mass is 212 g/mol. The Balaban J connectivity index is 3.10. The van der Waals surface area contributed by atoms with Crippen LogP contribution in [0.25, 0.3) is 0 Å². The highest BCUT2D eigenvalue weighted by Gasteiger charge is 2.09. The van der Waals surface area contributed by atoms with Crippen molar-refractivity contribution >= 4 is 17.9 Å². The Bertz CT molecular complexity index is 345. The van der Waals surface area contributed by atoms with Gasteiger partial charge in [-0.2, -0.15) is 0 Å². The number of carbonyl (C=O) groups is 1. The zero-order valence-electron chi connectivity index (χ0n) is 8.50. The minimum absolute atomic E-state index is 0.104. The lowest BCUT2D eigenvalue weighted by Crippen LogP contribution is -2.07. The Morgan fingerprint density at radius 2 is 2.07 bits per heavy atom. The van der Waals surface area contributed by atoms with E-state index in [1.54, 1.807) is 12.1 Å². The number of benzene rings is 1. The zero-order chi connectivity index (χ0) is 10.7. The maximum absolute atomic E-state index is 10.6. The van der Waals surface area contributed by atoms with Crippen molar-refractivity contribution in [3.63, 3.8) is 0 Å². The third-order valence-electron chi connectivity index (χ3n) is 1.86. The van der Waals surface area contributed by atoms with Gasteiger partial charge in [0.2, 0.25) is 0 Å². The van der Waals surface area contributed by atoms with Crippen molar-refractivity contribution in [1.82, 2.24) is 0 Å². The van der Waals surface area contributed by atoms with Gasteiger partial charge in [-0.1, -0.05) is 11.6 Å². The SMILES string of the molecule is Cc1c(OC(C)C)ccc(C=O)c1Cl. The Morgan fingerprint density at radius 3 is 2.57 bits per heavy atom. The molecule has 0 fully saturated rings. The predicted octanol–water partition coefficient (Wildman–Crippen LogP) is 3.25. The highest BCUT2D eigenvalue weighted by atomic mass is 35.5. The van der Waals surface area contributed by atoms with Crippen LogP contribution in [0.3, 0.4) is 0 Å². The summed E-state index contributed by atoms with van der Waals surface area (Å²) < 4.78 is 5.52. The third-order valence-corrected chi connectivity index (χ3v) is 2.36. The summed E-state index contributed by atoms with van der Waals surface area (Å²) in [6.07, 6.45) is 0.848. The van der Waals surface area contributed by atoms with E-state index in [0.717, 1.165) is 17.6 Å². The summed E-state index contributed by atoms with van der Waals surface area (Å²) in [4.78, 5) is 10.6. The van der Waals surface area contributed by atoms with Crippen LogP contribution < -0.4 is 4.74 Å². The van der Waals surface area contributed by atoms with Crippen molar-refractivity contribution in [2.45, 2.75) is 26.9 Å². The van der Waals surface area contributed by atoms with Crippen LogP contribution in [0.4, 0.5) is 0 Å². The van der Waals surface area contributed by atoms with Gasteiger partial charge in [-0.15, -0.1) is 0 Å². The molecule has 0 N–H and O–H groups in total. The maximum atomic E-state index is 10.6. The van der Waals surface area contributed by atoms with E-state index < -0.39 is 0 Å². The lowest BCUT2D eigenvalue weighted by Gasteiger charge is -2.13. The van der Waals surface area contributed by atoms with Gasteiger partial charge in [0.1, 0.15) is 5.75 Å². The highest BCUT2D eigenvalue weighted by molar-refractivity contribution is 6.33. The summed E-state index contributed by atoms with van der Waals surface area (Å²) in [5.74, 6) is 0.732. The largest absolute Gasteiger partial charge is 0.491 e. The molecule has 0 aliphatic rings. The Hall–Kier alpha value is -1.02. The zero-order valence-corrected chi connectivity index (χ0v) is 9.26. The van der Waals surface area contributed by atoms with Crippen LogP contribution in [0.2, 0.25) is 5.02 Å². The topological polar surface area (TPSA) is 26.3 Å². The second kappa shape index (κ2) is 4.47. The second-order valence-electron chi connectivity index (χ2n) is 3.38. The number of rotatable bonds is 3. The first-order valence-corrected chi connectivity index (χ1v) is 4.85. The molecule has 2 nitrogen and oxygen atoms in total. The van der Waals surface area contributed by atoms with Gasteiger partial charge >= 0.3 is 0 Å². The van der Waals surface area contributed by atoms with Gasteiger partial charge in [0.15, 0.2) is 6.29 Å². The van der Waals surface area contributed by atoms with Crippen molar-refractivity contribution in [2.75, 3.05) is 0 Å². The van der Waals surface area contributed by atoms with E-state index in [4.69, 9.17) is 16.3 Å². The van der Waals surface area contributed by atoms with Crippen LogP contribution in [0, 0.1) is 6.92 Å². The number of halogens is 1. The van der Waals surface area contributed by atoms with E-state index in [9.17, 15) is 4.79 Å². The molecular weight excluding hydrogens is 200 g/mol. The van der Waals surface area contributed by atoms with E-state index >= 15 is 0 Å². The number of aldehydes is 1. The van der Waals surface area contributed by atoms with Crippen molar-refractivity contribution < 1.29 is 9.53 Å². The lowest BCUT2D eigenvalue weighted by atomic mass is 10.1. The molecule has 0 amide bonds. The first-order chi connectivity index (χ1) is 6.56. The molecule has 0 aliphatic heterocycles. The summed E-state index contributed by atoms with van der Waals surface area (Å²) in [6.45, 7) is 5.73. The Kier molecular flexibility index (Phi) is 3.53. The van der Waals surface area contributed by atoms with Crippen LogP contribution in [0.5, 0.6) is 5.75 Å². The molecule has 1 rings (SSSR count). The molecule has 76 valence electrons. The molecule has 0 aromatic heterocycles. The fourth-order valence-corrected chi connectivity index (χ4v) is 1.36. The molecule has 0 bridgehead atoms. The fourth-order valence-electron chi connectivity index (χ4n) is 1.16. The number of hydrogen-bond donors (Lipinski definition) is 0. The maximum Gasteiger partial charge on any atom is 0.151 e. The van der Waals surface area contributed by atoms with E-state index in [0.29, 0.717) is 10.6 Å². The molecule has 0 saturated heterocycles. The molecule has 1 aromatic rings. The third kappa shape index (κ3) is 2.26. The number of ether oxygens (including phenoxy) is 1. The minimum atomic E-state index is 0.104.